The summed E-state index contributed by atoms with van der Waals surface area (Å²) in [5.74, 6) is 0.763. The monoisotopic (exact) mass is 613 g/mol. The molecule has 1 saturated heterocycles. The van der Waals surface area contributed by atoms with Crippen LogP contribution in [0.5, 0.6) is 0 Å². The van der Waals surface area contributed by atoms with Crippen LogP contribution >= 0.6 is 0 Å². The van der Waals surface area contributed by atoms with Crippen LogP contribution in [0.4, 0.5) is 0 Å². The average molecular weight is 614 g/mol. The minimum Gasteiger partial charge on any atom is -0.385 e. The lowest BCUT2D eigenvalue weighted by molar-refractivity contribution is -0.133. The van der Waals surface area contributed by atoms with Crippen molar-refractivity contribution >= 4 is 11.8 Å². The fraction of sp³-hybridized carbons (Fsp3) is 0.667. The van der Waals surface area contributed by atoms with Gasteiger partial charge in [-0.1, -0.05) is 50.3 Å². The minimum absolute atomic E-state index is 0.00685. The van der Waals surface area contributed by atoms with Crippen molar-refractivity contribution in [3.05, 3.63) is 59.2 Å². The Morgan fingerprint density at radius 2 is 1.66 bits per heavy atom. The molecule has 1 saturated carbocycles. The Hall–Kier alpha value is -2.52. The highest BCUT2D eigenvalue weighted by molar-refractivity contribution is 5.97. The van der Waals surface area contributed by atoms with E-state index >= 15 is 0 Å². The van der Waals surface area contributed by atoms with Crippen molar-refractivity contribution in [2.45, 2.75) is 85.4 Å². The predicted molar refractivity (Wildman–Crippen MR) is 179 cm³/mol. The van der Waals surface area contributed by atoms with Gasteiger partial charge in [-0.25, -0.2) is 0 Å². The molecule has 1 aromatic rings. The number of hydrogen-bond acceptors (Lipinski definition) is 6. The summed E-state index contributed by atoms with van der Waals surface area (Å²) >= 11 is 0. The average Bonchev–Trinajstić information content (AvgIpc) is 3.77. The van der Waals surface area contributed by atoms with Crippen molar-refractivity contribution in [3.8, 4) is 0 Å². The lowest BCUT2D eigenvalue weighted by Crippen LogP contribution is -2.45. The summed E-state index contributed by atoms with van der Waals surface area (Å²) in [5.41, 5.74) is 2.59. The molecule has 2 aliphatic rings. The molecule has 0 radical (unpaired) electrons. The first-order chi connectivity index (χ1) is 21.2. The zero-order valence-electron chi connectivity index (χ0n) is 28.6. The number of carbonyl (C=O) groups is 2. The maximum absolute atomic E-state index is 14.1. The second-order valence-electron chi connectivity index (χ2n) is 12.0. The number of ether oxygens (including phenoxy) is 3. The van der Waals surface area contributed by atoms with E-state index in [4.69, 9.17) is 14.2 Å². The molecule has 1 heterocycles. The van der Waals surface area contributed by atoms with Crippen LogP contribution in [0, 0.1) is 11.8 Å². The summed E-state index contributed by atoms with van der Waals surface area (Å²) in [6.07, 6.45) is 7.18. The third-order valence-electron chi connectivity index (χ3n) is 8.29. The highest BCUT2D eigenvalue weighted by atomic mass is 16.5. The van der Waals surface area contributed by atoms with E-state index in [1.54, 1.807) is 14.2 Å². The Labute approximate surface area is 267 Å². The van der Waals surface area contributed by atoms with Gasteiger partial charge in [-0.3, -0.25) is 9.59 Å². The molecule has 248 valence electrons. The number of amides is 2. The number of nitrogens with one attached hydrogen (secondary N) is 1. The van der Waals surface area contributed by atoms with Crippen molar-refractivity contribution in [2.75, 3.05) is 60.2 Å². The van der Waals surface area contributed by atoms with Gasteiger partial charge in [0, 0.05) is 71.3 Å². The van der Waals surface area contributed by atoms with E-state index in [0.29, 0.717) is 50.3 Å². The quantitative estimate of drug-likeness (QED) is 0.138. The van der Waals surface area contributed by atoms with Gasteiger partial charge in [0.25, 0.3) is 5.91 Å². The van der Waals surface area contributed by atoms with Gasteiger partial charge in [0.2, 0.25) is 5.91 Å². The first-order valence-electron chi connectivity index (χ1n) is 16.6. The van der Waals surface area contributed by atoms with Crippen LogP contribution in [0.25, 0.3) is 0 Å². The van der Waals surface area contributed by atoms with E-state index < -0.39 is 0 Å². The molecule has 2 amide bonds. The first kappa shape index (κ1) is 37.7. The summed E-state index contributed by atoms with van der Waals surface area (Å²) in [4.78, 5) is 31.6. The topological polar surface area (TPSA) is 80.3 Å². The standard InChI is InChI=1S/C34H53N3O5.C2H6/c1-25(2)36(34(39)32(26(3)19-27(4)41-6)15-18-42-17-10-16-40-5)23-29-21-35-22-30(29)24-37(31-13-14-31)33(38)20-28-11-8-7-9-12-28;1-2/h7-9,11-12,15,19,25,27,29-31,35H,10,13-14,16-18,20-24H2,1-6H3;1-2H3/b26-19-,32-15+;/t27?,29-,30?;/m0./s1. The van der Waals surface area contributed by atoms with Crippen molar-refractivity contribution in [3.63, 3.8) is 0 Å². The molecule has 8 nitrogen and oxygen atoms in total. The number of nitrogens with zero attached hydrogens (tertiary/aromatic N) is 2. The Balaban J connectivity index is 0.00000330. The zero-order chi connectivity index (χ0) is 32.5. The van der Waals surface area contributed by atoms with Gasteiger partial charge in [0.15, 0.2) is 0 Å². The molecule has 1 aliphatic carbocycles. The fourth-order valence-corrected chi connectivity index (χ4v) is 5.57. The summed E-state index contributed by atoms with van der Waals surface area (Å²) in [6, 6.07) is 10.4. The van der Waals surface area contributed by atoms with Gasteiger partial charge in [0.05, 0.1) is 19.1 Å². The molecule has 3 atom stereocenters. The van der Waals surface area contributed by atoms with Crippen LogP contribution < -0.4 is 5.32 Å². The Kier molecular flexibility index (Phi) is 17.5. The highest BCUT2D eigenvalue weighted by Gasteiger charge is 2.38. The minimum atomic E-state index is -0.110. The summed E-state index contributed by atoms with van der Waals surface area (Å²) in [7, 11) is 3.35. The predicted octanol–water partition coefficient (Wildman–Crippen LogP) is 5.28. The molecule has 1 aliphatic heterocycles. The normalized spacial score (nSPS) is 19.4. The molecular formula is C36H59N3O5. The van der Waals surface area contributed by atoms with Crippen molar-refractivity contribution in [1.29, 1.82) is 0 Å². The molecule has 0 spiro atoms. The smallest absolute Gasteiger partial charge is 0.254 e. The highest BCUT2D eigenvalue weighted by Crippen LogP contribution is 2.31. The number of hydrogen-bond donors (Lipinski definition) is 1. The van der Waals surface area contributed by atoms with Crippen LogP contribution in [-0.4, -0.2) is 100 Å². The van der Waals surface area contributed by atoms with E-state index in [1.165, 1.54) is 0 Å². The van der Waals surface area contributed by atoms with Gasteiger partial charge in [-0.15, -0.1) is 0 Å². The van der Waals surface area contributed by atoms with Crippen molar-refractivity contribution in [1.82, 2.24) is 15.1 Å². The molecule has 1 N–H and O–H groups in total. The van der Waals surface area contributed by atoms with Crippen LogP contribution in [-0.2, 0) is 30.2 Å². The van der Waals surface area contributed by atoms with E-state index in [1.807, 2.05) is 75.1 Å². The lowest BCUT2D eigenvalue weighted by Gasteiger charge is -2.34. The van der Waals surface area contributed by atoms with Crippen LogP contribution in [0.1, 0.15) is 66.4 Å². The van der Waals surface area contributed by atoms with E-state index in [-0.39, 0.29) is 29.9 Å². The number of methoxy groups -OCH3 is 2. The fourth-order valence-electron chi connectivity index (χ4n) is 5.57. The first-order valence-corrected chi connectivity index (χ1v) is 16.6. The van der Waals surface area contributed by atoms with E-state index in [9.17, 15) is 9.59 Å². The second kappa shape index (κ2) is 20.5. The molecule has 8 heteroatoms. The zero-order valence-corrected chi connectivity index (χ0v) is 28.6. The Bertz CT molecular complexity index is 1040. The van der Waals surface area contributed by atoms with Gasteiger partial charge in [0.1, 0.15) is 0 Å². The molecule has 2 fully saturated rings. The third kappa shape index (κ3) is 12.5. The van der Waals surface area contributed by atoms with Crippen LogP contribution in [0.15, 0.2) is 53.6 Å². The molecular weight excluding hydrogens is 554 g/mol. The summed E-state index contributed by atoms with van der Waals surface area (Å²) in [5, 5.41) is 3.55. The van der Waals surface area contributed by atoms with Crippen molar-refractivity contribution in [2.24, 2.45) is 11.8 Å². The lowest BCUT2D eigenvalue weighted by atomic mass is 9.93. The summed E-state index contributed by atoms with van der Waals surface area (Å²) in [6.45, 7) is 16.7. The van der Waals surface area contributed by atoms with Crippen LogP contribution in [0.2, 0.25) is 0 Å². The van der Waals surface area contributed by atoms with Gasteiger partial charge < -0.3 is 29.3 Å². The maximum atomic E-state index is 14.1. The number of rotatable bonds is 18. The molecule has 1 aromatic carbocycles. The van der Waals surface area contributed by atoms with E-state index in [2.05, 4.69) is 24.1 Å². The summed E-state index contributed by atoms with van der Waals surface area (Å²) < 4.78 is 16.4. The Morgan fingerprint density at radius 3 is 2.25 bits per heavy atom. The Morgan fingerprint density at radius 1 is 1.00 bits per heavy atom. The molecule has 44 heavy (non-hydrogen) atoms. The SMILES string of the molecule is CC.COCCCOC/C=C(C(=O)N(C[C@@H]1CNCC1CN(C(=O)Cc1ccccc1)C1CC1)C(C)C)\C(C)=C/C(C)OC. The number of benzene rings is 1. The second-order valence-corrected chi connectivity index (χ2v) is 12.0. The van der Waals surface area contributed by atoms with Crippen molar-refractivity contribution < 1.29 is 23.8 Å². The van der Waals surface area contributed by atoms with E-state index in [0.717, 1.165) is 50.0 Å². The largest absolute Gasteiger partial charge is 0.385 e. The maximum Gasteiger partial charge on any atom is 0.254 e. The molecule has 2 unspecified atom stereocenters. The molecule has 3 rings (SSSR count). The van der Waals surface area contributed by atoms with Gasteiger partial charge in [-0.2, -0.15) is 0 Å². The third-order valence-corrected chi connectivity index (χ3v) is 8.29. The molecule has 0 bridgehead atoms. The van der Waals surface area contributed by atoms with Gasteiger partial charge in [-0.05, 0) is 76.0 Å². The molecule has 0 aromatic heterocycles. The van der Waals surface area contributed by atoms with Gasteiger partial charge >= 0.3 is 0 Å². The van der Waals surface area contributed by atoms with Crippen LogP contribution in [0.3, 0.4) is 0 Å². The number of carbonyl (C=O) groups excluding carboxylic acids is 2.